The van der Waals surface area contributed by atoms with Gasteiger partial charge >= 0.3 is 0 Å². The van der Waals surface area contributed by atoms with Crippen molar-refractivity contribution in [2.75, 3.05) is 6.66 Å². The van der Waals surface area contributed by atoms with Crippen LogP contribution in [0.25, 0.3) is 0 Å². The predicted octanol–water partition coefficient (Wildman–Crippen LogP) is 3.31. The maximum atomic E-state index is 2.50. The van der Waals surface area contributed by atoms with Crippen molar-refractivity contribution in [2.24, 2.45) is 11.3 Å². The van der Waals surface area contributed by atoms with Gasteiger partial charge in [0.25, 0.3) is 0 Å². The summed E-state index contributed by atoms with van der Waals surface area (Å²) in [5.41, 5.74) is 2.94. The zero-order valence-electron chi connectivity index (χ0n) is 8.09. The van der Waals surface area contributed by atoms with Crippen LogP contribution in [-0.2, 0) is 0 Å². The van der Waals surface area contributed by atoms with E-state index < -0.39 is 0 Å². The van der Waals surface area contributed by atoms with Gasteiger partial charge in [0, 0.05) is 0 Å². The Bertz CT molecular complexity index is 178. The lowest BCUT2D eigenvalue weighted by Crippen LogP contribution is -2.10. The molecule has 0 aromatic rings. The molecule has 2 aliphatic rings. The van der Waals surface area contributed by atoms with Crippen LogP contribution >= 0.6 is 7.92 Å². The minimum atomic E-state index is 0.360. The Morgan fingerprint density at radius 2 is 1.73 bits per heavy atom. The molecule has 1 saturated carbocycles. The smallest absolute Gasteiger partial charge is 0.0178 e. The molecule has 1 heteroatoms. The molecule has 5 atom stereocenters. The van der Waals surface area contributed by atoms with Crippen LogP contribution in [-0.4, -0.2) is 18.0 Å². The molecular formula is C10H19P. The lowest BCUT2D eigenvalue weighted by molar-refractivity contribution is 0.452. The fourth-order valence-corrected chi connectivity index (χ4v) is 5.70. The van der Waals surface area contributed by atoms with E-state index in [1.54, 1.807) is 0 Å². The maximum absolute atomic E-state index is 2.50. The Hall–Kier alpha value is 0.430. The first-order valence-electron chi connectivity index (χ1n) is 4.80. The molecule has 1 saturated heterocycles. The van der Waals surface area contributed by atoms with E-state index in [2.05, 4.69) is 27.4 Å². The molecule has 0 amide bonds. The van der Waals surface area contributed by atoms with E-state index in [4.69, 9.17) is 0 Å². The highest BCUT2D eigenvalue weighted by Gasteiger charge is 2.60. The molecule has 1 aliphatic carbocycles. The Morgan fingerprint density at radius 1 is 1.18 bits per heavy atom. The average molecular weight is 170 g/mol. The summed E-state index contributed by atoms with van der Waals surface area (Å²) in [6.07, 6.45) is 3.07. The van der Waals surface area contributed by atoms with Crippen molar-refractivity contribution in [3.05, 3.63) is 0 Å². The molecule has 0 radical (unpaired) electrons. The molecule has 0 aromatic carbocycles. The van der Waals surface area contributed by atoms with Gasteiger partial charge in [-0.05, 0) is 42.2 Å². The first kappa shape index (κ1) is 8.05. The second-order valence-corrected chi connectivity index (χ2v) is 7.72. The Morgan fingerprint density at radius 3 is 1.91 bits per heavy atom. The minimum absolute atomic E-state index is 0.360. The van der Waals surface area contributed by atoms with Crippen LogP contribution in [0, 0.1) is 11.3 Å². The van der Waals surface area contributed by atoms with Gasteiger partial charge in [-0.1, -0.05) is 20.8 Å². The van der Waals surface area contributed by atoms with E-state index in [9.17, 15) is 0 Å². The first-order chi connectivity index (χ1) is 5.08. The number of rotatable bonds is 0. The quantitative estimate of drug-likeness (QED) is 0.489. The molecule has 2 rings (SSSR count). The topological polar surface area (TPSA) is 0 Å². The van der Waals surface area contributed by atoms with Crippen molar-refractivity contribution in [3.63, 3.8) is 0 Å². The van der Waals surface area contributed by atoms with Crippen LogP contribution in [0.3, 0.4) is 0 Å². The highest BCUT2D eigenvalue weighted by atomic mass is 31.1. The van der Waals surface area contributed by atoms with Crippen LogP contribution in [0.1, 0.15) is 33.6 Å². The molecule has 0 nitrogen and oxygen atoms in total. The molecular weight excluding hydrogens is 151 g/mol. The van der Waals surface area contributed by atoms with Crippen molar-refractivity contribution >= 4 is 7.92 Å². The van der Waals surface area contributed by atoms with E-state index in [0.717, 1.165) is 22.7 Å². The van der Waals surface area contributed by atoms with Gasteiger partial charge in [0.1, 0.15) is 0 Å². The number of hydrogen-bond donors (Lipinski definition) is 0. The van der Waals surface area contributed by atoms with Crippen molar-refractivity contribution in [1.82, 2.24) is 0 Å². The second-order valence-electron chi connectivity index (χ2n) is 4.73. The molecule has 1 aliphatic heterocycles. The summed E-state index contributed by atoms with van der Waals surface area (Å²) >= 11 is 0. The third-order valence-corrected chi connectivity index (χ3v) is 7.63. The van der Waals surface area contributed by atoms with Crippen molar-refractivity contribution in [1.29, 1.82) is 0 Å². The summed E-state index contributed by atoms with van der Waals surface area (Å²) in [5, 5.41) is 0. The average Bonchev–Trinajstić information content (AvgIpc) is 2.54. The molecule has 11 heavy (non-hydrogen) atoms. The Labute approximate surface area is 71.5 Å². The fraction of sp³-hybridized carbons (Fsp3) is 1.00. The maximum Gasteiger partial charge on any atom is -0.0178 e. The molecule has 0 bridgehead atoms. The van der Waals surface area contributed by atoms with E-state index in [-0.39, 0.29) is 0 Å². The largest absolute Gasteiger partial charge is 0.104 e. The van der Waals surface area contributed by atoms with Crippen LogP contribution in [0.5, 0.6) is 0 Å². The molecule has 1 spiro atoms. The zero-order chi connectivity index (χ0) is 8.22. The SMILES string of the molecule is CC1CC12C[C@H](C)P(C)C2C. The number of hydrogen-bond acceptors (Lipinski definition) is 0. The van der Waals surface area contributed by atoms with Gasteiger partial charge in [0.15, 0.2) is 0 Å². The highest BCUT2D eigenvalue weighted by Crippen LogP contribution is 2.73. The van der Waals surface area contributed by atoms with Crippen LogP contribution in [0.4, 0.5) is 0 Å². The predicted molar refractivity (Wildman–Crippen MR) is 52.6 cm³/mol. The fourth-order valence-electron chi connectivity index (χ4n) is 3.03. The molecule has 2 fully saturated rings. The van der Waals surface area contributed by atoms with Gasteiger partial charge < -0.3 is 0 Å². The minimum Gasteiger partial charge on any atom is -0.104 e. The summed E-state index contributed by atoms with van der Waals surface area (Å²) in [5.74, 6) is 1.05. The van der Waals surface area contributed by atoms with Gasteiger partial charge in [-0.3, -0.25) is 0 Å². The molecule has 0 aromatic heterocycles. The third kappa shape index (κ3) is 0.917. The third-order valence-electron chi connectivity index (χ3n) is 4.32. The van der Waals surface area contributed by atoms with Gasteiger partial charge in [-0.2, -0.15) is 0 Å². The summed E-state index contributed by atoms with van der Waals surface area (Å²) in [7, 11) is 0.360. The van der Waals surface area contributed by atoms with Gasteiger partial charge in [0.05, 0.1) is 0 Å². The zero-order valence-corrected chi connectivity index (χ0v) is 8.99. The van der Waals surface area contributed by atoms with Crippen molar-refractivity contribution < 1.29 is 0 Å². The van der Waals surface area contributed by atoms with Gasteiger partial charge in [-0.15, -0.1) is 7.92 Å². The normalized spacial score (nSPS) is 62.2. The summed E-state index contributed by atoms with van der Waals surface area (Å²) in [4.78, 5) is 0. The van der Waals surface area contributed by atoms with Gasteiger partial charge in [0.2, 0.25) is 0 Å². The van der Waals surface area contributed by atoms with Crippen molar-refractivity contribution in [2.45, 2.75) is 44.9 Å². The van der Waals surface area contributed by atoms with Gasteiger partial charge in [-0.25, -0.2) is 0 Å². The van der Waals surface area contributed by atoms with Crippen LogP contribution in [0.15, 0.2) is 0 Å². The van der Waals surface area contributed by atoms with Crippen LogP contribution < -0.4 is 0 Å². The monoisotopic (exact) mass is 170 g/mol. The molecule has 0 N–H and O–H groups in total. The van der Waals surface area contributed by atoms with Crippen molar-refractivity contribution in [3.8, 4) is 0 Å². The second kappa shape index (κ2) is 2.22. The highest BCUT2D eigenvalue weighted by molar-refractivity contribution is 7.58. The molecule has 1 heterocycles. The lowest BCUT2D eigenvalue weighted by Gasteiger charge is -2.18. The summed E-state index contributed by atoms with van der Waals surface area (Å²) in [6.45, 7) is 9.91. The van der Waals surface area contributed by atoms with E-state index >= 15 is 0 Å². The van der Waals surface area contributed by atoms with E-state index in [1.807, 2.05) is 0 Å². The first-order valence-corrected chi connectivity index (χ1v) is 6.72. The molecule has 4 unspecified atom stereocenters. The summed E-state index contributed by atoms with van der Waals surface area (Å²) in [6, 6.07) is 0. The van der Waals surface area contributed by atoms with Crippen LogP contribution in [0.2, 0.25) is 0 Å². The Balaban J connectivity index is 2.17. The molecule has 64 valence electrons. The van der Waals surface area contributed by atoms with E-state index in [0.29, 0.717) is 7.92 Å². The summed E-state index contributed by atoms with van der Waals surface area (Å²) < 4.78 is 0. The van der Waals surface area contributed by atoms with E-state index in [1.165, 1.54) is 12.8 Å². The Kier molecular flexibility index (Phi) is 1.63. The standard InChI is InChI=1S/C10H19P/c1-7-5-10(7)6-8(2)11(4)9(10)3/h7-9H,5-6H2,1-4H3/t7?,8-,9?,10?,11?/m0/s1. The lowest BCUT2D eigenvalue weighted by atomic mass is 9.95.